The number of benzene rings is 6. The highest BCUT2D eigenvalue weighted by atomic mass is 33.1. The lowest BCUT2D eigenvalue weighted by Crippen LogP contribution is -2.78. The van der Waals surface area contributed by atoms with Crippen LogP contribution in [0.25, 0.3) is 0 Å². The van der Waals surface area contributed by atoms with E-state index in [1.807, 2.05) is 0 Å². The fourth-order valence-corrected chi connectivity index (χ4v) is 53.7. The van der Waals surface area contributed by atoms with Gasteiger partial charge in [-0.15, -0.1) is 0 Å². The van der Waals surface area contributed by atoms with Crippen molar-refractivity contribution in [2.24, 2.45) is 0 Å². The summed E-state index contributed by atoms with van der Waals surface area (Å²) in [6, 6.07) is 24.4. The monoisotopic (exact) mass is 2200 g/mol. The summed E-state index contributed by atoms with van der Waals surface area (Å²) in [6.45, 7) is 10.2. The molecule has 50 heteroatoms. The molecule has 756 valence electrons. The fourth-order valence-electron chi connectivity index (χ4n) is 31.5. The molecule has 36 rings (SSSR count). The van der Waals surface area contributed by atoms with Gasteiger partial charge in [0.05, 0.1) is 50.6 Å². The number of carbonyl (C=O) groups is 12. The van der Waals surface area contributed by atoms with Crippen molar-refractivity contribution in [3.8, 4) is 0 Å². The Kier molecular flexibility index (Phi) is 18.1. The molecule has 0 radical (unpaired) electrons. The Hall–Kier alpha value is -8.03. The standard InChI is InChI=1S/C33H31F2N5O6S4.C31H27F2N5O6S4.C31H28FN5O6S4/c1-5-28-24(43)39-20-11-14-7-8-15(34)12-17(14)30(20,21(41)32(39,49-47-28)26(45)37(28)3)31-18-13-16(35)9-10-19(18)36-23(31)40-25(44)29(6-2)38(4)27(46)33(40,22(31)42)50-48-29;1-26-22(41)37-18-9-12-5-6-13(32)10-15(12)28(18,19(39)30(37,47-45-26)24(43)35(26)3)29-16-11-14(33)7-8-17(16)34-21(29)38-23(42)27(2)36(4)25(44)31(38,20(29)40)48-46-27;1-26-22(40)36-18-11-13-9-10-14(32)12-16(13)28(18,19(38)30(36,46-44-26)24(42)34(26)3)29-15-7-5-6-8-17(15)33-21(29)37-23(41)27(2)35(4)25(43)31(37,20(29)39)47-45-27/h7-10,12-13,20-23,36,41-42H,5-6,11H2,1-4H3;5-8,10-11,18-21,34,39-40H,9H2,1-4H3;5-10,12,18-21,33,38-39H,11H2,1-4H3/t20-,21-,22-,23+,28-,29-,30-,31+,32-,33-;2*18-,19-,20-,21+,26-,27-,28-,29+,30-,31-/m000/s1. The van der Waals surface area contributed by atoms with Crippen LogP contribution in [0.4, 0.5) is 39.0 Å². The largest absolute Gasteiger partial charge is 0.388 e. The summed E-state index contributed by atoms with van der Waals surface area (Å²) in [6.07, 6.45) is -13.5. The zero-order valence-corrected chi connectivity index (χ0v) is 88.0. The molecule has 24 saturated heterocycles. The molecule has 9 N–H and O–H groups in total. The van der Waals surface area contributed by atoms with Crippen molar-refractivity contribution in [3.63, 3.8) is 0 Å². The van der Waals surface area contributed by atoms with Gasteiger partial charge in [-0.25, -0.2) is 22.0 Å². The predicted octanol–water partition coefficient (Wildman–Crippen LogP) is 5.99. The number of hydrogen-bond acceptors (Lipinski definition) is 33. The fraction of sp³-hybridized carbons (Fsp3) is 0.495. The lowest BCUT2D eigenvalue weighted by Gasteiger charge is -2.59. The van der Waals surface area contributed by atoms with Gasteiger partial charge in [0.1, 0.15) is 84.2 Å². The van der Waals surface area contributed by atoms with Crippen LogP contribution in [0.2, 0.25) is 0 Å². The highest BCUT2D eigenvalue weighted by Gasteiger charge is 2.98. The van der Waals surface area contributed by atoms with Gasteiger partial charge in [0.25, 0.3) is 70.9 Å². The van der Waals surface area contributed by atoms with Crippen molar-refractivity contribution >= 4 is 217 Å². The maximum absolute atomic E-state index is 15.7. The molecular formula is C95H86F5N15O18S12. The first-order valence-corrected chi connectivity index (χ1v) is 59.9. The molecule has 30 aliphatic rings. The van der Waals surface area contributed by atoms with Crippen molar-refractivity contribution in [2.75, 3.05) is 58.2 Å². The van der Waals surface area contributed by atoms with Crippen molar-refractivity contribution in [2.45, 2.75) is 238 Å². The number of fused-ring (bicyclic) bond motifs is 33. The number of anilines is 3. The quantitative estimate of drug-likeness (QED) is 0.0707. The molecule has 0 unspecified atom stereocenters. The van der Waals surface area contributed by atoms with Crippen LogP contribution in [-0.4, -0.2) is 334 Å². The summed E-state index contributed by atoms with van der Waals surface area (Å²) in [7, 11) is 22.6. The number of carbonyl (C=O) groups excluding carboxylic acids is 12. The molecule has 0 saturated carbocycles. The molecule has 12 bridgehead atoms. The third-order valence-corrected chi connectivity index (χ3v) is 60.6. The molecule has 30 atom stereocenters. The minimum Gasteiger partial charge on any atom is -0.388 e. The van der Waals surface area contributed by atoms with Gasteiger partial charge >= 0.3 is 0 Å². The van der Waals surface area contributed by atoms with E-state index in [-0.39, 0.29) is 60.3 Å². The van der Waals surface area contributed by atoms with Crippen LogP contribution in [-0.2, 0) is 109 Å². The summed E-state index contributed by atoms with van der Waals surface area (Å²) >= 11 is 0. The Labute approximate surface area is 869 Å². The van der Waals surface area contributed by atoms with E-state index in [0.717, 1.165) is 86.4 Å². The summed E-state index contributed by atoms with van der Waals surface area (Å²) < 4.78 is 78.1. The van der Waals surface area contributed by atoms with Crippen LogP contribution in [0.15, 0.2) is 115 Å². The number of para-hydroxylation sites is 1. The number of nitrogens with one attached hydrogen (secondary N) is 3. The molecule has 6 aromatic carbocycles. The van der Waals surface area contributed by atoms with Crippen molar-refractivity contribution < 1.29 is 110 Å². The topological polar surface area (TPSA) is 401 Å². The van der Waals surface area contributed by atoms with Crippen LogP contribution in [0.1, 0.15) is 104 Å². The van der Waals surface area contributed by atoms with E-state index in [1.54, 1.807) is 98.1 Å². The first-order valence-electron chi connectivity index (χ1n) is 47.0. The molecule has 6 aromatic rings. The van der Waals surface area contributed by atoms with Gasteiger partial charge in [0, 0.05) is 59.3 Å². The molecule has 6 spiro atoms. The van der Waals surface area contributed by atoms with E-state index in [0.29, 0.717) is 44.9 Å². The smallest absolute Gasteiger partial charge is 0.264 e. The summed E-state index contributed by atoms with van der Waals surface area (Å²) in [5.41, 5.74) is -6.62. The third kappa shape index (κ3) is 8.79. The van der Waals surface area contributed by atoms with Gasteiger partial charge in [-0.2, -0.15) is 0 Å². The number of piperazine rings is 6. The van der Waals surface area contributed by atoms with Crippen molar-refractivity contribution in [1.29, 1.82) is 0 Å². The summed E-state index contributed by atoms with van der Waals surface area (Å²) in [5, 5.41) is 90.0. The first-order chi connectivity index (χ1) is 68.6. The zero-order valence-electron chi connectivity index (χ0n) is 78.2. The van der Waals surface area contributed by atoms with E-state index in [9.17, 15) is 88.2 Å². The second-order valence-corrected chi connectivity index (χ2v) is 58.6. The van der Waals surface area contributed by atoms with Crippen LogP contribution in [0.5, 0.6) is 0 Å². The Morgan fingerprint density at radius 1 is 0.276 bits per heavy atom. The minimum atomic E-state index is -1.99. The number of likely N-dealkylation sites (N-methyl/N-ethyl adjacent to an activating group) is 6. The maximum Gasteiger partial charge on any atom is 0.264 e. The summed E-state index contributed by atoms with van der Waals surface area (Å²) in [4.78, 5) is 174. The average Bonchev–Trinajstić information content (AvgIpc) is 1.45. The van der Waals surface area contributed by atoms with Crippen LogP contribution >= 0.6 is 130 Å². The van der Waals surface area contributed by atoms with Crippen LogP contribution < -0.4 is 16.0 Å². The number of aliphatic hydroxyl groups is 6. The van der Waals surface area contributed by atoms with Crippen molar-refractivity contribution in [1.82, 2.24) is 58.8 Å². The van der Waals surface area contributed by atoms with E-state index in [4.69, 9.17) is 0 Å². The Balaban J connectivity index is 0.000000106. The first kappa shape index (κ1) is 94.2. The number of aliphatic hydroxyl groups excluding tert-OH is 6. The zero-order chi connectivity index (χ0) is 102. The molecule has 27 heterocycles. The third-order valence-electron chi connectivity index (χ3n) is 38.3. The Bertz CT molecular complexity index is 7050. The van der Waals surface area contributed by atoms with E-state index in [1.165, 1.54) is 203 Å². The highest BCUT2D eigenvalue weighted by molar-refractivity contribution is 8.80. The number of halogens is 5. The molecule has 24 fully saturated rings. The van der Waals surface area contributed by atoms with E-state index >= 15 is 22.0 Å². The average molecular weight is 2210 g/mol. The molecule has 0 aromatic heterocycles. The Morgan fingerprint density at radius 2 is 0.510 bits per heavy atom. The number of nitrogens with zero attached hydrogens (tertiary/aromatic N) is 12. The number of amides is 12. The van der Waals surface area contributed by atoms with Crippen LogP contribution in [0, 0.1) is 29.1 Å². The van der Waals surface area contributed by atoms with Gasteiger partial charge in [0.15, 0.2) is 29.2 Å². The second-order valence-electron chi connectivity index (χ2n) is 42.4. The lowest BCUT2D eigenvalue weighted by molar-refractivity contribution is -0.168. The van der Waals surface area contributed by atoms with Gasteiger partial charge in [0.2, 0.25) is 29.2 Å². The van der Waals surface area contributed by atoms with Crippen molar-refractivity contribution in [3.05, 3.63) is 194 Å². The van der Waals surface area contributed by atoms with E-state index < -0.39 is 258 Å². The van der Waals surface area contributed by atoms with Gasteiger partial charge in [-0.1, -0.05) is 115 Å². The predicted molar refractivity (Wildman–Crippen MR) is 534 cm³/mol. The molecule has 3 aliphatic carbocycles. The molecule has 27 aliphatic heterocycles. The van der Waals surface area contributed by atoms with Gasteiger partial charge < -0.3 is 90.7 Å². The molecule has 12 amide bonds. The Morgan fingerprint density at radius 3 is 0.828 bits per heavy atom. The molecule has 33 nitrogen and oxygen atoms in total. The second kappa shape index (κ2) is 27.9. The molecular weight excluding hydrogens is 2120 g/mol. The number of hydrogen-bond donors (Lipinski definition) is 9. The highest BCUT2D eigenvalue weighted by Crippen LogP contribution is 2.85. The van der Waals surface area contributed by atoms with Crippen LogP contribution in [0.3, 0.4) is 0 Å². The normalized spacial score (nSPS) is 45.5. The molecule has 145 heavy (non-hydrogen) atoms. The maximum atomic E-state index is 15.7. The van der Waals surface area contributed by atoms with Gasteiger partial charge in [-0.3, -0.25) is 72.2 Å². The minimum absolute atomic E-state index is 0.0682. The van der Waals surface area contributed by atoms with E-state index in [2.05, 4.69) is 16.0 Å². The SMILES string of the molecule is CC[C@@]12SS[C@]3(C(=O)N1C)[C@@H](O)[C@]1([C@@]45c6cc(F)ccc6N[C@@H]4N4C(=O)[C@]6(CC)SS[C@]4(C(=O)N6C)[C@H]5O)c4cc(F)ccc4C[C@@H]1N3C2=O.CN1C(=O)[C@]23SS[C@@]1(C)C(=O)N2[C@H]1Cc2ccc(F)cc2[C@@]1([C@@]12c4cc(F)ccc4N[C@@H]1N1C(=O)[C@]4(C)SS[C@]1(C(=O)N4C)[C@H]2O)[C@@H]3O.CN1C(=O)[C@]23SS[C@@]1(C)C(=O)N2[C@H]1Cc2ccc(F)cc2[C@@]1([C@@]12c4ccccc4N[C@@H]1N1C(=O)[C@]4(C)SS[C@]1(C(=O)N4C)[C@H]2O)[C@@H]3O. The van der Waals surface area contributed by atoms with Gasteiger partial charge in [-0.05, 0) is 253 Å². The number of rotatable bonds is 5. The summed E-state index contributed by atoms with van der Waals surface area (Å²) in [5.74, 6) is -8.94. The lowest BCUT2D eigenvalue weighted by atomic mass is 9.51.